The molecule has 2 aromatic heterocycles. The summed E-state index contributed by atoms with van der Waals surface area (Å²) in [6.07, 6.45) is 6.14. The Labute approximate surface area is 199 Å². The van der Waals surface area contributed by atoms with Gasteiger partial charge in [0.1, 0.15) is 0 Å². The van der Waals surface area contributed by atoms with Gasteiger partial charge in [0.25, 0.3) is 0 Å². The third-order valence-corrected chi connectivity index (χ3v) is 6.03. The highest BCUT2D eigenvalue weighted by Crippen LogP contribution is 2.26. The van der Waals surface area contributed by atoms with E-state index in [1.807, 2.05) is 47.1 Å². The van der Waals surface area contributed by atoms with Crippen LogP contribution in [0.5, 0.6) is 0 Å². The zero-order chi connectivity index (χ0) is 23.3. The average Bonchev–Trinajstić information content (AvgIpc) is 3.31. The number of pyridine rings is 1. The number of aromatic nitrogens is 2. The molecule has 0 aliphatic heterocycles. The summed E-state index contributed by atoms with van der Waals surface area (Å²) in [5.74, 6) is 0.0111. The van der Waals surface area contributed by atoms with E-state index >= 15 is 0 Å². The van der Waals surface area contributed by atoms with Gasteiger partial charge < -0.3 is 9.72 Å². The van der Waals surface area contributed by atoms with Crippen LogP contribution >= 0.6 is 0 Å². The van der Waals surface area contributed by atoms with E-state index in [1.54, 1.807) is 0 Å². The van der Waals surface area contributed by atoms with Crippen molar-refractivity contribution in [3.05, 3.63) is 115 Å². The van der Waals surface area contributed by atoms with Gasteiger partial charge in [-0.3, -0.25) is 4.79 Å². The second kappa shape index (κ2) is 9.75. The fourth-order valence-electron chi connectivity index (χ4n) is 4.13. The Kier molecular flexibility index (Phi) is 6.21. The molecule has 0 aliphatic carbocycles. The Hall–Kier alpha value is -4.18. The number of hydrogen-bond acceptors (Lipinski definition) is 2. The van der Waals surface area contributed by atoms with E-state index in [9.17, 15) is 4.79 Å². The van der Waals surface area contributed by atoms with Crippen molar-refractivity contribution >= 4 is 17.2 Å². The Morgan fingerprint density at radius 2 is 1.53 bits per heavy atom. The van der Waals surface area contributed by atoms with Crippen molar-refractivity contribution in [3.8, 4) is 22.4 Å². The first-order valence-corrected chi connectivity index (χ1v) is 11.6. The van der Waals surface area contributed by atoms with Crippen LogP contribution in [0.2, 0.25) is 0 Å². The number of amides is 1. The summed E-state index contributed by atoms with van der Waals surface area (Å²) in [4.78, 5) is 17.4. The van der Waals surface area contributed by atoms with Crippen LogP contribution in [0.4, 0.5) is 5.69 Å². The van der Waals surface area contributed by atoms with Gasteiger partial charge in [-0.05, 0) is 48.6 Å². The average molecular weight is 446 g/mol. The first-order chi connectivity index (χ1) is 16.7. The number of imidazole rings is 1. The molecule has 4 heteroatoms. The summed E-state index contributed by atoms with van der Waals surface area (Å²) in [6.45, 7) is 2.08. The number of hydrogen-bond donors (Lipinski definition) is 1. The quantitative estimate of drug-likeness (QED) is 0.295. The highest BCUT2D eigenvalue weighted by molar-refractivity contribution is 5.94. The Morgan fingerprint density at radius 3 is 2.29 bits per heavy atom. The molecule has 2 heterocycles. The smallest absolute Gasteiger partial charge is 0.224 e. The van der Waals surface area contributed by atoms with Crippen LogP contribution in [0.3, 0.4) is 0 Å². The van der Waals surface area contributed by atoms with Crippen molar-refractivity contribution in [2.45, 2.75) is 26.2 Å². The summed E-state index contributed by atoms with van der Waals surface area (Å²) in [6, 6.07) is 31.1. The first kappa shape index (κ1) is 21.7. The highest BCUT2D eigenvalue weighted by atomic mass is 16.1. The summed E-state index contributed by atoms with van der Waals surface area (Å²) in [5.41, 5.74) is 8.27. The number of nitrogens with zero attached hydrogens (tertiary/aromatic N) is 2. The van der Waals surface area contributed by atoms with Crippen molar-refractivity contribution in [2.75, 3.05) is 5.32 Å². The fraction of sp³-hybridized carbons (Fsp3) is 0.133. The Balaban J connectivity index is 1.27. The molecule has 0 radical (unpaired) electrons. The van der Waals surface area contributed by atoms with E-state index in [1.165, 1.54) is 22.3 Å². The molecule has 4 nitrogen and oxygen atoms in total. The van der Waals surface area contributed by atoms with Crippen molar-refractivity contribution in [1.82, 2.24) is 9.38 Å². The molecule has 0 saturated carbocycles. The van der Waals surface area contributed by atoms with E-state index < -0.39 is 0 Å². The molecule has 0 spiro atoms. The molecule has 0 bridgehead atoms. The van der Waals surface area contributed by atoms with E-state index in [0.717, 1.165) is 35.4 Å². The van der Waals surface area contributed by atoms with Gasteiger partial charge in [0, 0.05) is 24.4 Å². The highest BCUT2D eigenvalue weighted by Gasteiger charge is 2.11. The molecule has 0 aliphatic rings. The lowest BCUT2D eigenvalue weighted by Crippen LogP contribution is -2.12. The summed E-state index contributed by atoms with van der Waals surface area (Å²) in [5, 5.41) is 3.05. The lowest BCUT2D eigenvalue weighted by atomic mass is 10.0. The molecule has 0 fully saturated rings. The van der Waals surface area contributed by atoms with Gasteiger partial charge in [-0.25, -0.2) is 4.98 Å². The molecule has 0 atom stereocenters. The van der Waals surface area contributed by atoms with Gasteiger partial charge in [-0.2, -0.15) is 0 Å². The number of aryl methyl sites for hydroxylation is 2. The molecule has 1 N–H and O–H groups in total. The third-order valence-electron chi connectivity index (χ3n) is 6.03. The van der Waals surface area contributed by atoms with Gasteiger partial charge in [0.2, 0.25) is 5.91 Å². The largest absolute Gasteiger partial charge is 0.323 e. The Morgan fingerprint density at radius 1 is 0.824 bits per heavy atom. The van der Waals surface area contributed by atoms with E-state index in [0.29, 0.717) is 6.42 Å². The molecule has 1 amide bonds. The lowest BCUT2D eigenvalue weighted by molar-refractivity contribution is -0.116. The number of fused-ring (bicyclic) bond motifs is 1. The second-order valence-corrected chi connectivity index (χ2v) is 8.61. The van der Waals surface area contributed by atoms with Crippen LogP contribution in [0.15, 0.2) is 103 Å². The van der Waals surface area contributed by atoms with Gasteiger partial charge in [-0.1, -0.05) is 84.4 Å². The molecular formula is C30H27N3O. The fourth-order valence-corrected chi connectivity index (χ4v) is 4.13. The number of carbonyl (C=O) groups is 1. The van der Waals surface area contributed by atoms with Crippen LogP contribution in [-0.2, 0) is 11.2 Å². The first-order valence-electron chi connectivity index (χ1n) is 11.6. The molecule has 34 heavy (non-hydrogen) atoms. The minimum Gasteiger partial charge on any atom is -0.323 e. The van der Waals surface area contributed by atoms with Crippen LogP contribution in [0.25, 0.3) is 28.0 Å². The van der Waals surface area contributed by atoms with Crippen LogP contribution in [0, 0.1) is 6.92 Å². The van der Waals surface area contributed by atoms with Gasteiger partial charge >= 0.3 is 0 Å². The van der Waals surface area contributed by atoms with Crippen LogP contribution in [0.1, 0.15) is 24.0 Å². The van der Waals surface area contributed by atoms with Crippen molar-refractivity contribution in [3.63, 3.8) is 0 Å². The predicted octanol–water partition coefficient (Wildman–Crippen LogP) is 6.94. The van der Waals surface area contributed by atoms with Gasteiger partial charge in [-0.15, -0.1) is 0 Å². The molecule has 3 aromatic carbocycles. The number of nitrogens with one attached hydrogen (secondary N) is 1. The van der Waals surface area contributed by atoms with Gasteiger partial charge in [0.15, 0.2) is 5.65 Å². The topological polar surface area (TPSA) is 46.4 Å². The molecular weight excluding hydrogens is 418 g/mol. The number of carbonyl (C=O) groups excluding carboxylic acids is 1. The number of anilines is 1. The molecule has 0 unspecified atom stereocenters. The minimum atomic E-state index is 0.0111. The lowest BCUT2D eigenvalue weighted by Gasteiger charge is -2.07. The minimum absolute atomic E-state index is 0.0111. The summed E-state index contributed by atoms with van der Waals surface area (Å²) in [7, 11) is 0. The standard InChI is InChI=1S/C30H27N3O/c1-22-12-14-23(15-13-22)7-5-11-29(34)31-27-10-6-20-33-21-28(32-30(27)33)26-18-16-25(17-19-26)24-8-3-2-4-9-24/h2-4,6,8-10,12-21H,5,7,11H2,1H3,(H,31,34). The van der Waals surface area contributed by atoms with E-state index in [4.69, 9.17) is 4.98 Å². The third kappa shape index (κ3) is 4.91. The zero-order valence-corrected chi connectivity index (χ0v) is 19.2. The molecule has 168 valence electrons. The van der Waals surface area contributed by atoms with E-state index in [-0.39, 0.29) is 5.91 Å². The molecule has 5 rings (SSSR count). The molecule has 5 aromatic rings. The maximum atomic E-state index is 12.6. The van der Waals surface area contributed by atoms with Gasteiger partial charge in [0.05, 0.1) is 11.4 Å². The SMILES string of the molecule is Cc1ccc(CCCC(=O)Nc2cccn3cc(-c4ccc(-c5ccccc5)cc4)nc23)cc1. The predicted molar refractivity (Wildman–Crippen MR) is 139 cm³/mol. The number of rotatable bonds is 7. The van der Waals surface area contributed by atoms with Crippen molar-refractivity contribution in [1.29, 1.82) is 0 Å². The Bertz CT molecular complexity index is 1400. The maximum Gasteiger partial charge on any atom is 0.224 e. The van der Waals surface area contributed by atoms with Crippen LogP contribution < -0.4 is 5.32 Å². The summed E-state index contributed by atoms with van der Waals surface area (Å²) < 4.78 is 1.96. The maximum absolute atomic E-state index is 12.6. The number of benzene rings is 3. The van der Waals surface area contributed by atoms with Crippen molar-refractivity contribution in [2.24, 2.45) is 0 Å². The normalized spacial score (nSPS) is 11.0. The monoisotopic (exact) mass is 445 g/mol. The van der Waals surface area contributed by atoms with Crippen molar-refractivity contribution < 1.29 is 4.79 Å². The van der Waals surface area contributed by atoms with Crippen LogP contribution in [-0.4, -0.2) is 15.3 Å². The molecule has 0 saturated heterocycles. The summed E-state index contributed by atoms with van der Waals surface area (Å²) >= 11 is 0. The second-order valence-electron chi connectivity index (χ2n) is 8.61. The zero-order valence-electron chi connectivity index (χ0n) is 19.2. The van der Waals surface area contributed by atoms with E-state index in [2.05, 4.69) is 72.9 Å².